The van der Waals surface area contributed by atoms with E-state index in [0.717, 1.165) is 18.7 Å². The van der Waals surface area contributed by atoms with Gasteiger partial charge in [-0.2, -0.15) is 0 Å². The van der Waals surface area contributed by atoms with Crippen LogP contribution < -0.4 is 0 Å². The van der Waals surface area contributed by atoms with E-state index in [9.17, 15) is 14.7 Å². The van der Waals surface area contributed by atoms with E-state index in [1.165, 1.54) is 0 Å². The maximum absolute atomic E-state index is 13.3. The highest BCUT2D eigenvalue weighted by molar-refractivity contribution is 6.30. The molecule has 1 aromatic rings. The van der Waals surface area contributed by atoms with Crippen molar-refractivity contribution in [2.24, 2.45) is 5.92 Å². The summed E-state index contributed by atoms with van der Waals surface area (Å²) in [6.45, 7) is 4.76. The quantitative estimate of drug-likeness (QED) is 0.869. The third kappa shape index (κ3) is 3.33. The first kappa shape index (κ1) is 19.1. The van der Waals surface area contributed by atoms with Gasteiger partial charge in [0.1, 0.15) is 5.54 Å². The molecule has 0 spiro atoms. The molecular weight excluding hydrogens is 354 g/mol. The summed E-state index contributed by atoms with van der Waals surface area (Å²) >= 11 is 6.01. The molecule has 2 aliphatic rings. The van der Waals surface area contributed by atoms with E-state index >= 15 is 0 Å². The zero-order chi connectivity index (χ0) is 19.1. The molecule has 1 N–H and O–H groups in total. The Hall–Kier alpha value is -1.63. The molecular formula is C19H26ClN3O3. The minimum Gasteiger partial charge on any atom is -0.480 e. The van der Waals surface area contributed by atoms with Crippen LogP contribution in [-0.4, -0.2) is 77.5 Å². The Balaban J connectivity index is 1.93. The highest BCUT2D eigenvalue weighted by Crippen LogP contribution is 2.46. The maximum atomic E-state index is 13.3. The van der Waals surface area contributed by atoms with E-state index in [4.69, 9.17) is 11.6 Å². The van der Waals surface area contributed by atoms with Crippen molar-refractivity contribution in [3.63, 3.8) is 0 Å². The molecule has 3 rings (SSSR count). The first-order chi connectivity index (χ1) is 12.2. The average Bonchev–Trinajstić information content (AvgIpc) is 2.89. The first-order valence-corrected chi connectivity index (χ1v) is 9.31. The number of carboxylic acid groups (broad SMARTS) is 1. The van der Waals surface area contributed by atoms with Crippen molar-refractivity contribution in [2.45, 2.75) is 24.9 Å². The molecule has 0 aliphatic carbocycles. The number of carbonyl (C=O) groups excluding carboxylic acids is 1. The van der Waals surface area contributed by atoms with Crippen molar-refractivity contribution in [3.05, 3.63) is 34.9 Å². The SMILES string of the molecule is CN1CCN(C(=O)C2C[C@@](C)(C(=O)O)N(C)C2c2ccc(Cl)cc2)CC1. The summed E-state index contributed by atoms with van der Waals surface area (Å²) in [7, 11) is 3.84. The van der Waals surface area contributed by atoms with Gasteiger partial charge in [0.05, 0.1) is 5.92 Å². The number of piperazine rings is 1. The molecule has 1 amide bonds. The molecule has 2 saturated heterocycles. The summed E-state index contributed by atoms with van der Waals surface area (Å²) in [4.78, 5) is 31.1. The number of nitrogens with zero attached hydrogens (tertiary/aromatic N) is 3. The fourth-order valence-corrected chi connectivity index (χ4v) is 4.22. The van der Waals surface area contributed by atoms with Crippen LogP contribution in [-0.2, 0) is 9.59 Å². The van der Waals surface area contributed by atoms with Crippen LogP contribution in [0.5, 0.6) is 0 Å². The lowest BCUT2D eigenvalue weighted by molar-refractivity contribution is -0.148. The van der Waals surface area contributed by atoms with Gasteiger partial charge in [-0.15, -0.1) is 0 Å². The molecule has 6 nitrogen and oxygen atoms in total. The van der Waals surface area contributed by atoms with Crippen molar-refractivity contribution in [2.75, 3.05) is 40.3 Å². The summed E-state index contributed by atoms with van der Waals surface area (Å²) in [6, 6.07) is 7.08. The van der Waals surface area contributed by atoms with Gasteiger partial charge in [-0.3, -0.25) is 14.5 Å². The van der Waals surface area contributed by atoms with Gasteiger partial charge in [-0.05, 0) is 45.1 Å². The fourth-order valence-electron chi connectivity index (χ4n) is 4.10. The lowest BCUT2D eigenvalue weighted by Gasteiger charge is -2.36. The number of benzene rings is 1. The molecule has 7 heteroatoms. The zero-order valence-corrected chi connectivity index (χ0v) is 16.2. The third-order valence-electron chi connectivity index (χ3n) is 6.00. The second kappa shape index (κ2) is 7.18. The summed E-state index contributed by atoms with van der Waals surface area (Å²) in [6.07, 6.45) is 0.303. The Morgan fingerprint density at radius 1 is 1.12 bits per heavy atom. The maximum Gasteiger partial charge on any atom is 0.323 e. The van der Waals surface area contributed by atoms with E-state index in [1.807, 2.05) is 29.0 Å². The molecule has 0 bridgehead atoms. The lowest BCUT2D eigenvalue weighted by Crippen LogP contribution is -2.49. The number of hydrogen-bond acceptors (Lipinski definition) is 4. The van der Waals surface area contributed by atoms with Gasteiger partial charge < -0.3 is 14.9 Å². The molecule has 3 atom stereocenters. The number of carboxylic acids is 1. The van der Waals surface area contributed by atoms with Crippen molar-refractivity contribution < 1.29 is 14.7 Å². The third-order valence-corrected chi connectivity index (χ3v) is 6.25. The Morgan fingerprint density at radius 3 is 2.23 bits per heavy atom. The number of hydrogen-bond donors (Lipinski definition) is 1. The van der Waals surface area contributed by atoms with Gasteiger partial charge in [0, 0.05) is 37.2 Å². The standard InChI is InChI=1S/C19H26ClN3O3/c1-19(18(25)26)12-15(17(24)23-10-8-21(2)9-11-23)16(22(19)3)13-4-6-14(20)7-5-13/h4-7,15-16H,8-12H2,1-3H3,(H,25,26)/t15?,16?,19-/m0/s1. The van der Waals surface area contributed by atoms with Crippen LogP contribution in [0.25, 0.3) is 0 Å². The molecule has 0 radical (unpaired) electrons. The molecule has 0 aromatic heterocycles. The van der Waals surface area contributed by atoms with Crippen molar-refractivity contribution in [1.82, 2.24) is 14.7 Å². The zero-order valence-electron chi connectivity index (χ0n) is 15.5. The molecule has 2 unspecified atom stereocenters. The van der Waals surface area contributed by atoms with Crippen molar-refractivity contribution in [3.8, 4) is 0 Å². The first-order valence-electron chi connectivity index (χ1n) is 8.93. The summed E-state index contributed by atoms with van der Waals surface area (Å²) in [5.41, 5.74) is -0.147. The van der Waals surface area contributed by atoms with E-state index in [1.54, 1.807) is 26.1 Å². The van der Waals surface area contributed by atoms with E-state index in [2.05, 4.69) is 4.90 Å². The van der Waals surface area contributed by atoms with Crippen molar-refractivity contribution >= 4 is 23.5 Å². The van der Waals surface area contributed by atoms with Gasteiger partial charge >= 0.3 is 5.97 Å². The van der Waals surface area contributed by atoms with Crippen molar-refractivity contribution in [1.29, 1.82) is 0 Å². The number of aliphatic carboxylic acids is 1. The summed E-state index contributed by atoms with van der Waals surface area (Å²) in [5, 5.41) is 10.4. The van der Waals surface area contributed by atoms with Crippen LogP contribution >= 0.6 is 11.6 Å². The van der Waals surface area contributed by atoms with E-state index in [0.29, 0.717) is 24.5 Å². The number of halogens is 1. The average molecular weight is 380 g/mol. The van der Waals surface area contributed by atoms with Crippen LogP contribution in [0, 0.1) is 5.92 Å². The van der Waals surface area contributed by atoms with Gasteiger partial charge in [0.2, 0.25) is 5.91 Å². The van der Waals surface area contributed by atoms with Gasteiger partial charge in [0.15, 0.2) is 0 Å². The van der Waals surface area contributed by atoms with Crippen LogP contribution in [0.2, 0.25) is 5.02 Å². The predicted molar refractivity (Wildman–Crippen MR) is 100 cm³/mol. The minimum atomic E-state index is -1.07. The second-order valence-electron chi connectivity index (χ2n) is 7.63. The van der Waals surface area contributed by atoms with Crippen LogP contribution in [0.3, 0.4) is 0 Å². The van der Waals surface area contributed by atoms with Gasteiger partial charge in [-0.1, -0.05) is 23.7 Å². The Labute approximate surface area is 159 Å². The summed E-state index contributed by atoms with van der Waals surface area (Å²) < 4.78 is 0. The highest BCUT2D eigenvalue weighted by Gasteiger charge is 2.55. The Kier molecular flexibility index (Phi) is 5.28. The number of likely N-dealkylation sites (tertiary alicyclic amines) is 1. The predicted octanol–water partition coefficient (Wildman–Crippen LogP) is 1.95. The smallest absolute Gasteiger partial charge is 0.323 e. The highest BCUT2D eigenvalue weighted by atomic mass is 35.5. The molecule has 0 saturated carbocycles. The van der Waals surface area contributed by atoms with Crippen LogP contribution in [0.4, 0.5) is 0 Å². The van der Waals surface area contributed by atoms with Gasteiger partial charge in [-0.25, -0.2) is 0 Å². The van der Waals surface area contributed by atoms with Crippen LogP contribution in [0.1, 0.15) is 24.9 Å². The Bertz CT molecular complexity index is 688. The van der Waals surface area contributed by atoms with Crippen LogP contribution in [0.15, 0.2) is 24.3 Å². The van der Waals surface area contributed by atoms with E-state index < -0.39 is 11.5 Å². The van der Waals surface area contributed by atoms with E-state index in [-0.39, 0.29) is 17.9 Å². The minimum absolute atomic E-state index is 0.0508. The lowest BCUT2D eigenvalue weighted by atomic mass is 9.89. The molecule has 2 fully saturated rings. The topological polar surface area (TPSA) is 64.1 Å². The molecule has 2 heterocycles. The number of amides is 1. The monoisotopic (exact) mass is 379 g/mol. The molecule has 2 aliphatic heterocycles. The molecule has 1 aromatic carbocycles. The normalized spacial score (nSPS) is 30.5. The number of rotatable bonds is 3. The summed E-state index contributed by atoms with van der Waals surface area (Å²) in [5.74, 6) is -1.23. The van der Waals surface area contributed by atoms with Gasteiger partial charge in [0.25, 0.3) is 0 Å². The Morgan fingerprint density at radius 2 is 1.69 bits per heavy atom. The molecule has 142 valence electrons. The second-order valence-corrected chi connectivity index (χ2v) is 8.06. The molecule has 26 heavy (non-hydrogen) atoms. The number of carbonyl (C=O) groups is 2. The number of likely N-dealkylation sites (N-methyl/N-ethyl adjacent to an activating group) is 2. The fraction of sp³-hybridized carbons (Fsp3) is 0.579. The largest absolute Gasteiger partial charge is 0.480 e.